The first-order valence-electron chi connectivity index (χ1n) is 23.3. The van der Waals surface area contributed by atoms with Gasteiger partial charge in [0.1, 0.15) is 0 Å². The van der Waals surface area contributed by atoms with Crippen molar-refractivity contribution in [2.24, 2.45) is 0 Å². The summed E-state index contributed by atoms with van der Waals surface area (Å²) in [5.41, 5.74) is 16.8. The van der Waals surface area contributed by atoms with Crippen LogP contribution < -0.4 is 0 Å². The minimum absolute atomic E-state index is 0.570. The van der Waals surface area contributed by atoms with Crippen molar-refractivity contribution < 1.29 is 0 Å². The zero-order valence-corrected chi connectivity index (χ0v) is 38.0. The Morgan fingerprint density at radius 3 is 1.48 bits per heavy atom. The van der Waals surface area contributed by atoms with Crippen molar-refractivity contribution in [1.29, 1.82) is 0 Å². The Morgan fingerprint density at radius 2 is 0.855 bits per heavy atom. The molecular weight excluding hydrogens is 839 g/mol. The summed E-state index contributed by atoms with van der Waals surface area (Å²) in [7, 11) is 0. The average Bonchev–Trinajstić information content (AvgIpc) is 3.93. The average molecular weight is 884 g/mol. The van der Waals surface area contributed by atoms with E-state index in [1.165, 1.54) is 10.8 Å². The second-order valence-corrected chi connectivity index (χ2v) is 17.2. The van der Waals surface area contributed by atoms with E-state index in [1.54, 1.807) is 0 Å². The van der Waals surface area contributed by atoms with E-state index in [0.29, 0.717) is 17.5 Å². The molecule has 3 heterocycles. The van der Waals surface area contributed by atoms with Crippen LogP contribution in [0.2, 0.25) is 0 Å². The predicted octanol–water partition coefficient (Wildman–Crippen LogP) is 16.6. The number of benzene rings is 9. The molecule has 3 aromatic heterocycles. The topological polar surface area (TPSA) is 48.5 Å². The van der Waals surface area contributed by atoms with Gasteiger partial charge in [-0.2, -0.15) is 0 Å². The van der Waals surface area contributed by atoms with E-state index in [9.17, 15) is 0 Å². The molecule has 0 aliphatic heterocycles. The van der Waals surface area contributed by atoms with Crippen LogP contribution in [0.4, 0.5) is 0 Å². The van der Waals surface area contributed by atoms with Crippen molar-refractivity contribution in [2.45, 2.75) is 6.92 Å². The van der Waals surface area contributed by atoms with Crippen molar-refractivity contribution in [3.8, 4) is 78.9 Å². The number of hydrogen-bond acceptors (Lipinski definition) is 3. The van der Waals surface area contributed by atoms with Gasteiger partial charge in [-0.3, -0.25) is 0 Å². The Labute approximate surface area is 401 Å². The summed E-state index contributed by atoms with van der Waals surface area (Å²) in [6.07, 6.45) is 6.21. The number of allylic oxidation sites excluding steroid dienone is 1. The molecule has 0 aliphatic carbocycles. The van der Waals surface area contributed by atoms with Crippen LogP contribution in [-0.4, -0.2) is 24.1 Å². The van der Waals surface area contributed by atoms with Gasteiger partial charge >= 0.3 is 0 Å². The van der Waals surface area contributed by atoms with Gasteiger partial charge in [-0.25, -0.2) is 15.0 Å². The maximum atomic E-state index is 5.45. The third-order valence-corrected chi connectivity index (χ3v) is 13.1. The van der Waals surface area contributed by atoms with Gasteiger partial charge in [0.15, 0.2) is 17.5 Å². The molecule has 0 atom stereocenters. The van der Waals surface area contributed by atoms with Gasteiger partial charge in [-0.15, -0.1) is 0 Å². The Hall–Kier alpha value is -9.19. The van der Waals surface area contributed by atoms with E-state index in [-0.39, 0.29) is 0 Å². The normalized spacial score (nSPS) is 11.6. The molecule has 0 spiro atoms. The highest BCUT2D eigenvalue weighted by molar-refractivity contribution is 6.10. The maximum absolute atomic E-state index is 5.45. The van der Waals surface area contributed by atoms with Crippen molar-refractivity contribution in [1.82, 2.24) is 24.1 Å². The molecule has 0 radical (unpaired) electrons. The summed E-state index contributed by atoms with van der Waals surface area (Å²) in [6.45, 7) is 6.34. The first kappa shape index (κ1) is 41.3. The lowest BCUT2D eigenvalue weighted by atomic mass is 9.96. The zero-order valence-electron chi connectivity index (χ0n) is 38.0. The minimum atomic E-state index is 0.570. The molecule has 12 rings (SSSR count). The number of nitrogens with zero attached hydrogens (tertiary/aromatic N) is 5. The van der Waals surface area contributed by atoms with Gasteiger partial charge in [0.05, 0.1) is 33.6 Å². The Morgan fingerprint density at radius 1 is 0.362 bits per heavy atom. The number of rotatable bonds is 10. The standard InChI is InChI=1S/C64H45N5/c1-3-21-56-50(4-2)51-30-14-17-33-57(51)69(56)61-42-47(44-24-10-6-11-25-44)36-38-54(61)64-66-62(45-26-12-7-13-27-45)65-63(67-64)49-29-20-28-48(40-49)55-41-46(43-22-8-5-9-23-43)37-39-60(55)68-58-34-18-15-31-52(58)53-32-16-19-35-59(53)68/h3-42H,2H2,1H3/b21-3-. The first-order chi connectivity index (χ1) is 34.1. The maximum Gasteiger partial charge on any atom is 0.166 e. The monoisotopic (exact) mass is 883 g/mol. The van der Waals surface area contributed by atoms with E-state index >= 15 is 0 Å². The fourth-order valence-electron chi connectivity index (χ4n) is 9.92. The summed E-state index contributed by atoms with van der Waals surface area (Å²) >= 11 is 0. The lowest BCUT2D eigenvalue weighted by molar-refractivity contribution is 1.05. The molecule has 0 bridgehead atoms. The summed E-state index contributed by atoms with van der Waals surface area (Å²) < 4.78 is 4.73. The number of hydrogen-bond donors (Lipinski definition) is 0. The predicted molar refractivity (Wildman–Crippen MR) is 288 cm³/mol. The summed E-state index contributed by atoms with van der Waals surface area (Å²) in [5.74, 6) is 1.74. The molecule has 0 unspecified atom stereocenters. The molecule has 0 N–H and O–H groups in total. The molecule has 0 saturated heterocycles. The molecule has 0 saturated carbocycles. The number of aromatic nitrogens is 5. The summed E-state index contributed by atoms with van der Waals surface area (Å²) in [4.78, 5) is 16.0. The molecule has 326 valence electrons. The van der Waals surface area contributed by atoms with Crippen LogP contribution in [0, 0.1) is 0 Å². The highest BCUT2D eigenvalue weighted by Crippen LogP contribution is 2.41. The molecule has 9 aromatic carbocycles. The smallest absolute Gasteiger partial charge is 0.166 e. The molecule has 0 amide bonds. The van der Waals surface area contributed by atoms with E-state index in [1.807, 2.05) is 24.3 Å². The second-order valence-electron chi connectivity index (χ2n) is 17.2. The van der Waals surface area contributed by atoms with Gasteiger partial charge in [0.2, 0.25) is 0 Å². The molecular formula is C64H45N5. The molecule has 0 fully saturated rings. The minimum Gasteiger partial charge on any atom is -0.309 e. The third-order valence-electron chi connectivity index (χ3n) is 13.1. The van der Waals surface area contributed by atoms with Gasteiger partial charge < -0.3 is 9.13 Å². The highest BCUT2D eigenvalue weighted by atomic mass is 15.1. The van der Waals surface area contributed by atoms with Gasteiger partial charge in [0, 0.05) is 44.0 Å². The Balaban J connectivity index is 1.09. The lowest BCUT2D eigenvalue weighted by Crippen LogP contribution is -2.05. The van der Waals surface area contributed by atoms with Gasteiger partial charge in [0.25, 0.3) is 0 Å². The summed E-state index contributed by atoms with van der Waals surface area (Å²) in [5, 5.41) is 3.55. The van der Waals surface area contributed by atoms with Crippen LogP contribution in [0.5, 0.6) is 0 Å². The molecule has 69 heavy (non-hydrogen) atoms. The van der Waals surface area contributed by atoms with Crippen LogP contribution in [-0.2, 0) is 0 Å². The van der Waals surface area contributed by atoms with Gasteiger partial charge in [-0.05, 0) is 89.3 Å². The van der Waals surface area contributed by atoms with Crippen molar-refractivity contribution >= 4 is 44.9 Å². The number of fused-ring (bicyclic) bond motifs is 4. The van der Waals surface area contributed by atoms with Crippen LogP contribution in [0.3, 0.4) is 0 Å². The third kappa shape index (κ3) is 7.34. The first-order valence-corrected chi connectivity index (χ1v) is 23.3. The Kier molecular flexibility index (Phi) is 10.5. The molecule has 0 aliphatic rings. The fourth-order valence-corrected chi connectivity index (χ4v) is 9.92. The molecule has 5 heteroatoms. The fraction of sp³-hybridized carbons (Fsp3) is 0.0156. The lowest BCUT2D eigenvalue weighted by Gasteiger charge is -2.18. The molecule has 5 nitrogen and oxygen atoms in total. The Bertz CT molecular complexity index is 3860. The quantitative estimate of drug-likeness (QED) is 0.137. The van der Waals surface area contributed by atoms with Crippen molar-refractivity contribution in [3.05, 3.63) is 248 Å². The van der Waals surface area contributed by atoms with Gasteiger partial charge in [-0.1, -0.05) is 195 Å². The van der Waals surface area contributed by atoms with Crippen LogP contribution >= 0.6 is 0 Å². The second kappa shape index (κ2) is 17.6. The van der Waals surface area contributed by atoms with E-state index in [0.717, 1.165) is 94.6 Å². The van der Waals surface area contributed by atoms with Crippen LogP contribution in [0.15, 0.2) is 237 Å². The zero-order chi connectivity index (χ0) is 46.3. The molecule has 12 aromatic rings. The van der Waals surface area contributed by atoms with E-state index < -0.39 is 0 Å². The number of para-hydroxylation sites is 3. The van der Waals surface area contributed by atoms with Crippen molar-refractivity contribution in [3.63, 3.8) is 0 Å². The van der Waals surface area contributed by atoms with E-state index in [4.69, 9.17) is 15.0 Å². The van der Waals surface area contributed by atoms with Crippen molar-refractivity contribution in [2.75, 3.05) is 0 Å². The van der Waals surface area contributed by atoms with Crippen LogP contribution in [0.1, 0.15) is 18.2 Å². The SMILES string of the molecule is C=Cc1c(/C=C\C)n(-c2cc(-c3ccccc3)ccc2-c2nc(-c3ccccc3)nc(-c3cccc(-c4cc(-c5ccccc5)ccc4-n4c5ccccc5c5ccccc54)c3)n2)c2ccccc12. The van der Waals surface area contributed by atoms with Crippen LogP contribution in [0.25, 0.3) is 124 Å². The summed E-state index contributed by atoms with van der Waals surface area (Å²) in [6, 6.07) is 79.3. The highest BCUT2D eigenvalue weighted by Gasteiger charge is 2.23. The van der Waals surface area contributed by atoms with E-state index in [2.05, 4.69) is 241 Å². The largest absolute Gasteiger partial charge is 0.309 e.